The van der Waals surface area contributed by atoms with E-state index in [4.69, 9.17) is 4.74 Å². The van der Waals surface area contributed by atoms with Crippen LogP contribution in [-0.4, -0.2) is 47.7 Å². The van der Waals surface area contributed by atoms with Crippen molar-refractivity contribution in [2.45, 2.75) is 95.5 Å². The van der Waals surface area contributed by atoms with Gasteiger partial charge in [0.2, 0.25) is 0 Å². The molecule has 0 spiro atoms. The maximum absolute atomic E-state index is 11.0. The normalized spacial score (nSPS) is 24.5. The topological polar surface area (TPSA) is 76.0 Å². The summed E-state index contributed by atoms with van der Waals surface area (Å²) >= 11 is 0. The maximum Gasteiger partial charge on any atom is 0.305 e. The number of allylic oxidation sites excluding steroid dienone is 3. The van der Waals surface area contributed by atoms with Gasteiger partial charge in [-0.3, -0.25) is 4.79 Å². The van der Waals surface area contributed by atoms with Crippen molar-refractivity contribution in [2.75, 3.05) is 7.11 Å². The lowest BCUT2D eigenvalue weighted by molar-refractivity contribution is -0.140. The summed E-state index contributed by atoms with van der Waals surface area (Å²) in [4.78, 5) is 11.0. The lowest BCUT2D eigenvalue weighted by atomic mass is 10.0. The highest BCUT2D eigenvalue weighted by Crippen LogP contribution is 2.27. The van der Waals surface area contributed by atoms with Gasteiger partial charge >= 0.3 is 5.97 Å². The predicted molar refractivity (Wildman–Crippen MR) is 103 cm³/mol. The zero-order valence-electron chi connectivity index (χ0n) is 16.3. The molecule has 1 rings (SSSR count). The fourth-order valence-corrected chi connectivity index (χ4v) is 3.11. The second kappa shape index (κ2) is 14.0. The van der Waals surface area contributed by atoms with Crippen LogP contribution in [0.1, 0.15) is 71.1 Å². The third kappa shape index (κ3) is 9.51. The van der Waals surface area contributed by atoms with Gasteiger partial charge in [0.1, 0.15) is 0 Å². The molecule has 1 saturated heterocycles. The fourth-order valence-electron chi connectivity index (χ4n) is 3.11. The third-order valence-electron chi connectivity index (χ3n) is 4.74. The molecule has 4 atom stereocenters. The van der Waals surface area contributed by atoms with E-state index in [0.717, 1.165) is 44.9 Å². The molecule has 0 saturated carbocycles. The minimum absolute atomic E-state index is 0.127. The van der Waals surface area contributed by atoms with E-state index in [9.17, 15) is 15.0 Å². The van der Waals surface area contributed by atoms with Gasteiger partial charge in [-0.1, -0.05) is 50.5 Å². The van der Waals surface area contributed by atoms with Crippen LogP contribution in [0.3, 0.4) is 0 Å². The van der Waals surface area contributed by atoms with Crippen LogP contribution >= 0.6 is 0 Å². The number of methoxy groups -OCH3 is 1. The number of unbranched alkanes of at least 4 members (excludes halogenated alkanes) is 3. The number of hydrogen-bond donors (Lipinski definition) is 2. The molecule has 1 aliphatic heterocycles. The molecule has 0 bridgehead atoms. The SMILES string of the molecule is CCCCC[C@H]1O[C@@H](C(O)CC=CCC=CCCCC(=O)OC)CC1O. The van der Waals surface area contributed by atoms with Crippen molar-refractivity contribution in [3.8, 4) is 0 Å². The molecule has 2 unspecified atom stereocenters. The fraction of sp³-hybridized carbons (Fsp3) is 0.762. The first-order chi connectivity index (χ1) is 12.6. The Morgan fingerprint density at radius 3 is 2.73 bits per heavy atom. The first-order valence-corrected chi connectivity index (χ1v) is 9.96. The Balaban J connectivity index is 2.14. The summed E-state index contributed by atoms with van der Waals surface area (Å²) in [6.45, 7) is 2.16. The molecule has 0 aromatic rings. The van der Waals surface area contributed by atoms with E-state index < -0.39 is 12.2 Å². The highest BCUT2D eigenvalue weighted by Gasteiger charge is 2.36. The average Bonchev–Trinajstić information content (AvgIpc) is 3.01. The highest BCUT2D eigenvalue weighted by molar-refractivity contribution is 5.69. The van der Waals surface area contributed by atoms with Gasteiger partial charge in [-0.25, -0.2) is 0 Å². The number of carbonyl (C=O) groups excluding carboxylic acids is 1. The van der Waals surface area contributed by atoms with E-state index in [2.05, 4.69) is 23.8 Å². The molecule has 0 amide bonds. The Kier molecular flexibility index (Phi) is 12.3. The Labute approximate surface area is 158 Å². The molecule has 1 aliphatic rings. The lowest BCUT2D eigenvalue weighted by Crippen LogP contribution is -2.25. The quantitative estimate of drug-likeness (QED) is 0.295. The van der Waals surface area contributed by atoms with Gasteiger partial charge < -0.3 is 19.7 Å². The summed E-state index contributed by atoms with van der Waals surface area (Å²) in [6, 6.07) is 0. The second-order valence-electron chi connectivity index (χ2n) is 6.96. The van der Waals surface area contributed by atoms with Gasteiger partial charge in [0.25, 0.3) is 0 Å². The molecule has 0 radical (unpaired) electrons. The zero-order valence-corrected chi connectivity index (χ0v) is 16.3. The van der Waals surface area contributed by atoms with Gasteiger partial charge in [-0.15, -0.1) is 0 Å². The molecule has 1 heterocycles. The third-order valence-corrected chi connectivity index (χ3v) is 4.74. The highest BCUT2D eigenvalue weighted by atomic mass is 16.5. The monoisotopic (exact) mass is 368 g/mol. The molecule has 2 N–H and O–H groups in total. The van der Waals surface area contributed by atoms with Gasteiger partial charge in [0.05, 0.1) is 31.5 Å². The Morgan fingerprint density at radius 2 is 2.00 bits per heavy atom. The number of ether oxygens (including phenoxy) is 2. The molecule has 0 aliphatic carbocycles. The van der Waals surface area contributed by atoms with E-state index in [-0.39, 0.29) is 18.2 Å². The molecule has 0 aromatic heterocycles. The second-order valence-corrected chi connectivity index (χ2v) is 6.96. The lowest BCUT2D eigenvalue weighted by Gasteiger charge is -2.18. The Hall–Kier alpha value is -1.17. The predicted octanol–water partition coefficient (Wildman–Crippen LogP) is 3.68. The van der Waals surface area contributed by atoms with Gasteiger partial charge in [0, 0.05) is 12.8 Å². The first-order valence-electron chi connectivity index (χ1n) is 9.96. The smallest absolute Gasteiger partial charge is 0.305 e. The van der Waals surface area contributed by atoms with Crippen molar-refractivity contribution < 1.29 is 24.5 Å². The Morgan fingerprint density at radius 1 is 1.23 bits per heavy atom. The Bertz CT molecular complexity index is 432. The van der Waals surface area contributed by atoms with Gasteiger partial charge in [-0.2, -0.15) is 0 Å². The molecular weight excluding hydrogens is 332 g/mol. The standard InChI is InChI=1S/C21H36O5/c1-3-4-10-14-19-18(23)16-20(26-19)17(22)13-11-8-6-5-7-9-12-15-21(24)25-2/h5,7-8,11,17-20,22-23H,3-4,6,9-10,12-16H2,1-2H3/t17?,18?,19-,20-/m1/s1. The maximum atomic E-state index is 11.0. The van der Waals surface area contributed by atoms with Crippen molar-refractivity contribution in [3.63, 3.8) is 0 Å². The number of aliphatic hydroxyl groups excluding tert-OH is 2. The minimum atomic E-state index is -0.568. The van der Waals surface area contributed by atoms with E-state index >= 15 is 0 Å². The first kappa shape index (κ1) is 22.9. The average molecular weight is 369 g/mol. The summed E-state index contributed by atoms with van der Waals surface area (Å²) in [5.74, 6) is -0.167. The van der Waals surface area contributed by atoms with E-state index in [1.165, 1.54) is 7.11 Å². The van der Waals surface area contributed by atoms with E-state index in [1.54, 1.807) is 0 Å². The number of rotatable bonds is 13. The van der Waals surface area contributed by atoms with Crippen molar-refractivity contribution in [2.24, 2.45) is 0 Å². The van der Waals surface area contributed by atoms with Crippen LogP contribution in [0.25, 0.3) is 0 Å². The van der Waals surface area contributed by atoms with Gasteiger partial charge in [-0.05, 0) is 32.1 Å². The number of carbonyl (C=O) groups is 1. The van der Waals surface area contributed by atoms with Crippen molar-refractivity contribution in [1.82, 2.24) is 0 Å². The van der Waals surface area contributed by atoms with Crippen LogP contribution in [0.2, 0.25) is 0 Å². The zero-order chi connectivity index (χ0) is 19.2. The van der Waals surface area contributed by atoms with Crippen LogP contribution in [0.15, 0.2) is 24.3 Å². The van der Waals surface area contributed by atoms with Crippen molar-refractivity contribution >= 4 is 5.97 Å². The van der Waals surface area contributed by atoms with Crippen molar-refractivity contribution in [1.29, 1.82) is 0 Å². The number of hydrogen-bond acceptors (Lipinski definition) is 5. The summed E-state index contributed by atoms with van der Waals surface area (Å²) in [5.41, 5.74) is 0. The number of aliphatic hydroxyl groups is 2. The minimum Gasteiger partial charge on any atom is -0.469 e. The van der Waals surface area contributed by atoms with Crippen molar-refractivity contribution in [3.05, 3.63) is 24.3 Å². The summed E-state index contributed by atoms with van der Waals surface area (Å²) < 4.78 is 10.4. The summed E-state index contributed by atoms with van der Waals surface area (Å²) in [7, 11) is 1.40. The van der Waals surface area contributed by atoms with Crippen LogP contribution < -0.4 is 0 Å². The summed E-state index contributed by atoms with van der Waals surface area (Å²) in [6.07, 6.45) is 14.9. The molecule has 26 heavy (non-hydrogen) atoms. The van der Waals surface area contributed by atoms with E-state index in [1.807, 2.05) is 12.2 Å². The van der Waals surface area contributed by atoms with Crippen LogP contribution in [0.4, 0.5) is 0 Å². The van der Waals surface area contributed by atoms with Gasteiger partial charge in [0.15, 0.2) is 0 Å². The van der Waals surface area contributed by atoms with Crippen LogP contribution in [-0.2, 0) is 14.3 Å². The van der Waals surface area contributed by atoms with E-state index in [0.29, 0.717) is 19.3 Å². The molecular formula is C21H36O5. The van der Waals surface area contributed by atoms with Crippen LogP contribution in [0, 0.1) is 0 Å². The molecule has 0 aromatic carbocycles. The summed E-state index contributed by atoms with van der Waals surface area (Å²) in [5, 5.41) is 20.3. The molecule has 5 heteroatoms. The molecule has 1 fully saturated rings. The van der Waals surface area contributed by atoms with Crippen LogP contribution in [0.5, 0.6) is 0 Å². The largest absolute Gasteiger partial charge is 0.469 e. The number of esters is 1. The molecule has 5 nitrogen and oxygen atoms in total. The molecule has 150 valence electrons.